The van der Waals surface area contributed by atoms with Crippen LogP contribution in [0.15, 0.2) is 0 Å². The molecule has 0 saturated carbocycles. The molecule has 2 heteroatoms. The zero-order chi connectivity index (χ0) is 14.3. The molecule has 2 nitrogen and oxygen atoms in total. The quantitative estimate of drug-likeness (QED) is 0.671. The molecule has 0 aromatic carbocycles. The van der Waals surface area contributed by atoms with Gasteiger partial charge in [0.15, 0.2) is 0 Å². The van der Waals surface area contributed by atoms with Gasteiger partial charge in [0.05, 0.1) is 0 Å². The maximum Gasteiger partial charge on any atom is 0.00681 e. The number of likely N-dealkylation sites (tertiary alicyclic amines) is 1. The lowest BCUT2D eigenvalue weighted by Gasteiger charge is -2.35. The van der Waals surface area contributed by atoms with Crippen molar-refractivity contribution < 1.29 is 0 Å². The molecule has 1 saturated heterocycles. The van der Waals surface area contributed by atoms with Crippen LogP contribution in [0, 0.1) is 11.3 Å². The molecule has 0 spiro atoms. The molecule has 0 aromatic heterocycles. The molecule has 0 radical (unpaired) electrons. The molecular formula is C17H36N2. The third-order valence-corrected chi connectivity index (χ3v) is 4.83. The highest BCUT2D eigenvalue weighted by Gasteiger charge is 2.24. The standard InChI is InChI=1S/C17H36N2/c1-6-7-8-11-17(3,4)14-18-15(2)16-9-12-19(5)13-10-16/h15-16,18H,6-14H2,1-5H3. The third kappa shape index (κ3) is 6.76. The van der Waals surface area contributed by atoms with E-state index < -0.39 is 0 Å². The van der Waals surface area contributed by atoms with E-state index in [1.165, 1.54) is 58.2 Å². The number of unbranched alkanes of at least 4 members (excludes halogenated alkanes) is 2. The van der Waals surface area contributed by atoms with Crippen molar-refractivity contribution in [2.75, 3.05) is 26.7 Å². The average Bonchev–Trinajstić information content (AvgIpc) is 2.37. The van der Waals surface area contributed by atoms with Gasteiger partial charge in [0.1, 0.15) is 0 Å². The lowest BCUT2D eigenvalue weighted by atomic mass is 9.85. The monoisotopic (exact) mass is 268 g/mol. The molecule has 0 bridgehead atoms. The Hall–Kier alpha value is -0.0800. The van der Waals surface area contributed by atoms with Crippen LogP contribution in [0.25, 0.3) is 0 Å². The first kappa shape index (κ1) is 17.0. The van der Waals surface area contributed by atoms with Gasteiger partial charge in [0.2, 0.25) is 0 Å². The van der Waals surface area contributed by atoms with Gasteiger partial charge in [-0.25, -0.2) is 0 Å². The van der Waals surface area contributed by atoms with Crippen molar-refractivity contribution in [3.63, 3.8) is 0 Å². The second-order valence-corrected chi connectivity index (χ2v) is 7.43. The fourth-order valence-electron chi connectivity index (χ4n) is 3.07. The highest BCUT2D eigenvalue weighted by Crippen LogP contribution is 2.24. The number of nitrogens with one attached hydrogen (secondary N) is 1. The summed E-state index contributed by atoms with van der Waals surface area (Å²) >= 11 is 0. The summed E-state index contributed by atoms with van der Waals surface area (Å²) in [6.07, 6.45) is 8.17. The molecule has 19 heavy (non-hydrogen) atoms. The maximum absolute atomic E-state index is 3.82. The Kier molecular flexibility index (Phi) is 7.38. The minimum Gasteiger partial charge on any atom is -0.313 e. The van der Waals surface area contributed by atoms with Crippen molar-refractivity contribution in [3.05, 3.63) is 0 Å². The fourth-order valence-corrected chi connectivity index (χ4v) is 3.07. The summed E-state index contributed by atoms with van der Waals surface area (Å²) in [4.78, 5) is 2.46. The van der Waals surface area contributed by atoms with Gasteiger partial charge in [0.25, 0.3) is 0 Å². The van der Waals surface area contributed by atoms with Crippen LogP contribution >= 0.6 is 0 Å². The second-order valence-electron chi connectivity index (χ2n) is 7.43. The van der Waals surface area contributed by atoms with E-state index in [9.17, 15) is 0 Å². The van der Waals surface area contributed by atoms with Gasteiger partial charge in [-0.05, 0) is 57.7 Å². The minimum atomic E-state index is 0.453. The first-order valence-electron chi connectivity index (χ1n) is 8.36. The molecule has 1 N–H and O–H groups in total. The van der Waals surface area contributed by atoms with Crippen molar-refractivity contribution in [1.82, 2.24) is 10.2 Å². The number of hydrogen-bond donors (Lipinski definition) is 1. The first-order chi connectivity index (χ1) is 8.94. The normalized spacial score (nSPS) is 20.7. The molecule has 1 aliphatic rings. The van der Waals surface area contributed by atoms with Crippen molar-refractivity contribution in [1.29, 1.82) is 0 Å². The van der Waals surface area contributed by atoms with Gasteiger partial charge in [0, 0.05) is 12.6 Å². The lowest BCUT2D eigenvalue weighted by molar-refractivity contribution is 0.179. The highest BCUT2D eigenvalue weighted by molar-refractivity contribution is 4.81. The van der Waals surface area contributed by atoms with E-state index in [1.807, 2.05) is 0 Å². The van der Waals surface area contributed by atoms with E-state index in [0.29, 0.717) is 11.5 Å². The second kappa shape index (κ2) is 8.26. The predicted octanol–water partition coefficient (Wildman–Crippen LogP) is 3.91. The summed E-state index contributed by atoms with van der Waals surface area (Å²) in [6, 6.07) is 0.680. The zero-order valence-electron chi connectivity index (χ0n) is 14.0. The van der Waals surface area contributed by atoms with Crippen LogP contribution in [-0.4, -0.2) is 37.6 Å². The topological polar surface area (TPSA) is 15.3 Å². The van der Waals surface area contributed by atoms with Gasteiger partial charge < -0.3 is 10.2 Å². The molecular weight excluding hydrogens is 232 g/mol. The van der Waals surface area contributed by atoms with Gasteiger partial charge in [-0.3, -0.25) is 0 Å². The molecule has 0 aliphatic carbocycles. The summed E-state index contributed by atoms with van der Waals surface area (Å²) < 4.78 is 0. The third-order valence-electron chi connectivity index (χ3n) is 4.83. The Morgan fingerprint density at radius 3 is 2.42 bits per heavy atom. The van der Waals surface area contributed by atoms with Crippen LogP contribution in [0.2, 0.25) is 0 Å². The highest BCUT2D eigenvalue weighted by atomic mass is 15.1. The van der Waals surface area contributed by atoms with Crippen molar-refractivity contribution in [2.45, 2.75) is 72.3 Å². The van der Waals surface area contributed by atoms with Crippen molar-refractivity contribution in [2.24, 2.45) is 11.3 Å². The molecule has 0 aromatic rings. The summed E-state index contributed by atoms with van der Waals surface area (Å²) in [5.74, 6) is 0.877. The van der Waals surface area contributed by atoms with Gasteiger partial charge in [-0.15, -0.1) is 0 Å². The molecule has 1 heterocycles. The van der Waals surface area contributed by atoms with Crippen LogP contribution in [0.5, 0.6) is 0 Å². The van der Waals surface area contributed by atoms with Gasteiger partial charge in [-0.1, -0.05) is 40.0 Å². The van der Waals surface area contributed by atoms with Crippen LogP contribution < -0.4 is 5.32 Å². The smallest absolute Gasteiger partial charge is 0.00681 e. The van der Waals surface area contributed by atoms with Gasteiger partial charge in [-0.2, -0.15) is 0 Å². The van der Waals surface area contributed by atoms with E-state index in [2.05, 4.69) is 45.0 Å². The molecule has 1 aliphatic heterocycles. The predicted molar refractivity (Wildman–Crippen MR) is 85.6 cm³/mol. The Bertz CT molecular complexity index is 229. The molecule has 0 amide bonds. The van der Waals surface area contributed by atoms with Crippen LogP contribution in [0.1, 0.15) is 66.2 Å². The molecule has 1 rings (SSSR count). The van der Waals surface area contributed by atoms with Crippen molar-refractivity contribution in [3.8, 4) is 0 Å². The number of piperidine rings is 1. The first-order valence-corrected chi connectivity index (χ1v) is 8.36. The Balaban J connectivity index is 2.22. The summed E-state index contributed by atoms with van der Waals surface area (Å²) in [6.45, 7) is 13.2. The fraction of sp³-hybridized carbons (Fsp3) is 1.00. The maximum atomic E-state index is 3.82. The SMILES string of the molecule is CCCCCC(C)(C)CNC(C)C1CCN(C)CC1. The molecule has 1 fully saturated rings. The number of hydrogen-bond acceptors (Lipinski definition) is 2. The number of nitrogens with zero attached hydrogens (tertiary/aromatic N) is 1. The van der Waals surface area contributed by atoms with Crippen LogP contribution in [-0.2, 0) is 0 Å². The molecule has 114 valence electrons. The van der Waals surface area contributed by atoms with E-state index in [0.717, 1.165) is 5.92 Å². The average molecular weight is 268 g/mol. The van der Waals surface area contributed by atoms with E-state index in [1.54, 1.807) is 0 Å². The number of rotatable bonds is 8. The summed E-state index contributed by atoms with van der Waals surface area (Å²) in [5, 5.41) is 3.82. The van der Waals surface area contributed by atoms with E-state index >= 15 is 0 Å². The summed E-state index contributed by atoms with van der Waals surface area (Å²) in [5.41, 5.74) is 0.453. The van der Waals surface area contributed by atoms with Crippen molar-refractivity contribution >= 4 is 0 Å². The van der Waals surface area contributed by atoms with E-state index in [4.69, 9.17) is 0 Å². The lowest BCUT2D eigenvalue weighted by Crippen LogP contribution is -2.43. The van der Waals surface area contributed by atoms with E-state index in [-0.39, 0.29) is 0 Å². The molecule has 1 atom stereocenters. The molecule has 1 unspecified atom stereocenters. The largest absolute Gasteiger partial charge is 0.313 e. The van der Waals surface area contributed by atoms with Crippen LogP contribution in [0.4, 0.5) is 0 Å². The van der Waals surface area contributed by atoms with Gasteiger partial charge >= 0.3 is 0 Å². The Labute approximate surface area is 121 Å². The summed E-state index contributed by atoms with van der Waals surface area (Å²) in [7, 11) is 2.24. The Morgan fingerprint density at radius 2 is 1.84 bits per heavy atom. The Morgan fingerprint density at radius 1 is 1.21 bits per heavy atom. The zero-order valence-corrected chi connectivity index (χ0v) is 14.0. The minimum absolute atomic E-state index is 0.453. The van der Waals surface area contributed by atoms with Crippen LogP contribution in [0.3, 0.4) is 0 Å².